The Labute approximate surface area is 124 Å². The molecule has 0 aliphatic carbocycles. The molecule has 1 aliphatic rings. The van der Waals surface area contributed by atoms with Crippen LogP contribution in [-0.2, 0) is 4.74 Å². The van der Waals surface area contributed by atoms with E-state index in [1.165, 1.54) is 0 Å². The van der Waals surface area contributed by atoms with Gasteiger partial charge in [0, 0.05) is 30.4 Å². The molecule has 1 aromatic rings. The Morgan fingerprint density at radius 1 is 1.29 bits per heavy atom. The van der Waals surface area contributed by atoms with Crippen molar-refractivity contribution in [3.8, 4) is 0 Å². The van der Waals surface area contributed by atoms with Crippen LogP contribution in [0.1, 0.15) is 30.1 Å². The highest BCUT2D eigenvalue weighted by molar-refractivity contribution is 5.93. The number of nitrogens with one attached hydrogen (secondary N) is 1. The number of rotatable bonds is 4. The Hall–Kier alpha value is -2.24. The summed E-state index contributed by atoms with van der Waals surface area (Å²) in [6, 6.07) is 7.42. The number of piperidine rings is 1. The molecule has 0 unspecified atom stereocenters. The van der Waals surface area contributed by atoms with Crippen LogP contribution in [0.15, 0.2) is 24.3 Å². The second-order valence-electron chi connectivity index (χ2n) is 5.05. The predicted octanol–water partition coefficient (Wildman–Crippen LogP) is 1.82. The molecule has 6 nitrogen and oxygen atoms in total. The first-order valence-electron chi connectivity index (χ1n) is 7.18. The van der Waals surface area contributed by atoms with Gasteiger partial charge in [-0.25, -0.2) is 4.79 Å². The van der Waals surface area contributed by atoms with E-state index in [4.69, 9.17) is 10.5 Å². The SMILES string of the molecule is CCOC(=O)N1CCC(Nc2ccc(C(N)=O)cc2)CC1. The monoisotopic (exact) mass is 291 g/mol. The average molecular weight is 291 g/mol. The summed E-state index contributed by atoms with van der Waals surface area (Å²) < 4.78 is 4.99. The van der Waals surface area contributed by atoms with Crippen LogP contribution in [0.25, 0.3) is 0 Å². The average Bonchev–Trinajstić information content (AvgIpc) is 2.49. The maximum absolute atomic E-state index is 11.6. The minimum atomic E-state index is -0.427. The molecule has 2 amide bonds. The number of benzene rings is 1. The molecule has 2 rings (SSSR count). The number of hydrogen-bond donors (Lipinski definition) is 2. The lowest BCUT2D eigenvalue weighted by Crippen LogP contribution is -2.42. The summed E-state index contributed by atoms with van der Waals surface area (Å²) >= 11 is 0. The smallest absolute Gasteiger partial charge is 0.409 e. The summed E-state index contributed by atoms with van der Waals surface area (Å²) in [5.74, 6) is -0.427. The number of anilines is 1. The zero-order valence-corrected chi connectivity index (χ0v) is 12.2. The molecule has 3 N–H and O–H groups in total. The molecule has 1 aliphatic heterocycles. The Morgan fingerprint density at radius 3 is 2.43 bits per heavy atom. The second-order valence-corrected chi connectivity index (χ2v) is 5.05. The maximum atomic E-state index is 11.6. The first-order chi connectivity index (χ1) is 10.1. The van der Waals surface area contributed by atoms with Gasteiger partial charge in [-0.2, -0.15) is 0 Å². The van der Waals surface area contributed by atoms with Crippen molar-refractivity contribution in [2.45, 2.75) is 25.8 Å². The predicted molar refractivity (Wildman–Crippen MR) is 80.2 cm³/mol. The molecule has 0 aromatic heterocycles. The highest BCUT2D eigenvalue weighted by Gasteiger charge is 2.23. The van der Waals surface area contributed by atoms with Crippen molar-refractivity contribution in [2.24, 2.45) is 5.73 Å². The molecular weight excluding hydrogens is 270 g/mol. The van der Waals surface area contributed by atoms with E-state index in [0.717, 1.165) is 18.5 Å². The van der Waals surface area contributed by atoms with Gasteiger partial charge in [0.2, 0.25) is 5.91 Å². The molecule has 6 heteroatoms. The fourth-order valence-electron chi connectivity index (χ4n) is 2.39. The number of hydrogen-bond acceptors (Lipinski definition) is 4. The normalized spacial score (nSPS) is 15.6. The van der Waals surface area contributed by atoms with Gasteiger partial charge in [0.25, 0.3) is 0 Å². The van der Waals surface area contributed by atoms with Crippen molar-refractivity contribution in [1.82, 2.24) is 4.90 Å². The van der Waals surface area contributed by atoms with Gasteiger partial charge in [0.1, 0.15) is 0 Å². The van der Waals surface area contributed by atoms with Crippen LogP contribution in [0, 0.1) is 0 Å². The molecule has 0 bridgehead atoms. The fourth-order valence-corrected chi connectivity index (χ4v) is 2.39. The Morgan fingerprint density at radius 2 is 1.90 bits per heavy atom. The summed E-state index contributed by atoms with van der Waals surface area (Å²) in [7, 11) is 0. The van der Waals surface area contributed by atoms with E-state index in [9.17, 15) is 9.59 Å². The summed E-state index contributed by atoms with van der Waals surface area (Å²) in [4.78, 5) is 24.3. The van der Waals surface area contributed by atoms with Crippen molar-refractivity contribution in [3.05, 3.63) is 29.8 Å². The zero-order chi connectivity index (χ0) is 15.2. The van der Waals surface area contributed by atoms with E-state index in [-0.39, 0.29) is 6.09 Å². The number of carbonyl (C=O) groups is 2. The van der Waals surface area contributed by atoms with Crippen LogP contribution >= 0.6 is 0 Å². The minimum absolute atomic E-state index is 0.234. The highest BCUT2D eigenvalue weighted by Crippen LogP contribution is 2.17. The number of carbonyl (C=O) groups excluding carboxylic acids is 2. The van der Waals surface area contributed by atoms with Gasteiger partial charge in [-0.1, -0.05) is 0 Å². The first-order valence-corrected chi connectivity index (χ1v) is 7.18. The van der Waals surface area contributed by atoms with Crippen LogP contribution in [0.5, 0.6) is 0 Å². The number of amides is 2. The standard InChI is InChI=1S/C15H21N3O3/c1-2-21-15(20)18-9-7-13(8-10-18)17-12-5-3-11(4-6-12)14(16)19/h3-6,13,17H,2,7-10H2,1H3,(H2,16,19). The summed E-state index contributed by atoms with van der Waals surface area (Å²) in [5.41, 5.74) is 6.66. The molecule has 1 aromatic carbocycles. The number of ether oxygens (including phenoxy) is 1. The highest BCUT2D eigenvalue weighted by atomic mass is 16.6. The molecule has 0 saturated carbocycles. The van der Waals surface area contributed by atoms with Crippen LogP contribution in [-0.4, -0.2) is 42.6 Å². The van der Waals surface area contributed by atoms with Crippen LogP contribution < -0.4 is 11.1 Å². The van der Waals surface area contributed by atoms with Gasteiger partial charge in [0.05, 0.1) is 6.61 Å². The molecule has 1 heterocycles. The van der Waals surface area contributed by atoms with Gasteiger partial charge >= 0.3 is 6.09 Å². The molecular formula is C15H21N3O3. The van der Waals surface area contributed by atoms with Crippen molar-refractivity contribution in [1.29, 1.82) is 0 Å². The summed E-state index contributed by atoms with van der Waals surface area (Å²) in [5, 5.41) is 3.41. The van der Waals surface area contributed by atoms with Crippen LogP contribution in [0.3, 0.4) is 0 Å². The zero-order valence-electron chi connectivity index (χ0n) is 12.2. The molecule has 114 valence electrons. The quantitative estimate of drug-likeness (QED) is 0.886. The van der Waals surface area contributed by atoms with Crippen molar-refractivity contribution in [3.63, 3.8) is 0 Å². The number of nitrogens with two attached hydrogens (primary N) is 1. The molecule has 0 spiro atoms. The Bertz CT molecular complexity index is 493. The lowest BCUT2D eigenvalue weighted by molar-refractivity contribution is 0.0980. The van der Waals surface area contributed by atoms with E-state index in [2.05, 4.69) is 5.32 Å². The largest absolute Gasteiger partial charge is 0.450 e. The van der Waals surface area contributed by atoms with Gasteiger partial charge in [-0.15, -0.1) is 0 Å². The third-order valence-corrected chi connectivity index (χ3v) is 3.56. The van der Waals surface area contributed by atoms with Gasteiger partial charge in [0.15, 0.2) is 0 Å². The minimum Gasteiger partial charge on any atom is -0.450 e. The molecule has 1 saturated heterocycles. The van der Waals surface area contributed by atoms with E-state index < -0.39 is 5.91 Å². The van der Waals surface area contributed by atoms with Gasteiger partial charge in [-0.3, -0.25) is 4.79 Å². The van der Waals surface area contributed by atoms with E-state index in [1.807, 2.05) is 19.1 Å². The van der Waals surface area contributed by atoms with E-state index in [1.54, 1.807) is 17.0 Å². The number of nitrogens with zero attached hydrogens (tertiary/aromatic N) is 1. The van der Waals surface area contributed by atoms with Crippen LogP contribution in [0.4, 0.5) is 10.5 Å². The number of primary amides is 1. The number of likely N-dealkylation sites (tertiary alicyclic amines) is 1. The Kier molecular flexibility index (Phi) is 5.03. The molecule has 0 radical (unpaired) electrons. The lowest BCUT2D eigenvalue weighted by Gasteiger charge is -2.32. The topological polar surface area (TPSA) is 84.7 Å². The third-order valence-electron chi connectivity index (χ3n) is 3.56. The third kappa shape index (κ3) is 4.11. The maximum Gasteiger partial charge on any atom is 0.409 e. The van der Waals surface area contributed by atoms with Crippen molar-refractivity contribution < 1.29 is 14.3 Å². The molecule has 21 heavy (non-hydrogen) atoms. The second kappa shape index (κ2) is 6.97. The fraction of sp³-hybridized carbons (Fsp3) is 0.467. The molecule has 1 fully saturated rings. The first kappa shape index (κ1) is 15.2. The van der Waals surface area contributed by atoms with Crippen LogP contribution in [0.2, 0.25) is 0 Å². The van der Waals surface area contributed by atoms with Gasteiger partial charge < -0.3 is 20.7 Å². The van der Waals surface area contributed by atoms with Crippen molar-refractivity contribution >= 4 is 17.7 Å². The van der Waals surface area contributed by atoms with E-state index >= 15 is 0 Å². The Balaban J connectivity index is 1.83. The summed E-state index contributed by atoms with van der Waals surface area (Å²) in [6.07, 6.45) is 1.51. The molecule has 0 atom stereocenters. The van der Waals surface area contributed by atoms with E-state index in [0.29, 0.717) is 31.3 Å². The lowest BCUT2D eigenvalue weighted by atomic mass is 10.0. The summed E-state index contributed by atoms with van der Waals surface area (Å²) in [6.45, 7) is 3.59. The van der Waals surface area contributed by atoms with Gasteiger partial charge in [-0.05, 0) is 44.0 Å². The van der Waals surface area contributed by atoms with Crippen molar-refractivity contribution in [2.75, 3.05) is 25.0 Å².